The van der Waals surface area contributed by atoms with Crippen molar-refractivity contribution in [2.75, 3.05) is 11.4 Å². The van der Waals surface area contributed by atoms with E-state index < -0.39 is 0 Å². The number of phenolic OH excluding ortho intramolecular Hbond substituents is 1. The molecule has 3 heteroatoms. The van der Waals surface area contributed by atoms with E-state index in [2.05, 4.69) is 43.0 Å². The first-order valence-corrected chi connectivity index (χ1v) is 7.15. The van der Waals surface area contributed by atoms with Crippen molar-refractivity contribution in [3.63, 3.8) is 0 Å². The maximum absolute atomic E-state index is 11.5. The molecule has 2 aromatic rings. The Morgan fingerprint density at radius 3 is 2.38 bits per heavy atom. The molecule has 21 heavy (non-hydrogen) atoms. The minimum Gasteiger partial charge on any atom is -0.508 e. The second kappa shape index (κ2) is 6.44. The summed E-state index contributed by atoms with van der Waals surface area (Å²) in [6.45, 7) is 7.07. The molecule has 0 aromatic heterocycles. The van der Waals surface area contributed by atoms with E-state index >= 15 is 0 Å². The van der Waals surface area contributed by atoms with Gasteiger partial charge in [-0.25, -0.2) is 0 Å². The third-order valence-electron chi connectivity index (χ3n) is 3.63. The number of Topliss-reactive ketones (excluding diaryl/α,β-unsaturated/α-hetero) is 1. The van der Waals surface area contributed by atoms with Crippen LogP contribution in [-0.4, -0.2) is 17.4 Å². The molecule has 110 valence electrons. The number of nitrogens with zero attached hydrogens (tertiary/aromatic N) is 1. The molecule has 2 rings (SSSR count). The summed E-state index contributed by atoms with van der Waals surface area (Å²) in [5.74, 6) is 0.236. The Labute approximate surface area is 125 Å². The Bertz CT molecular complexity index is 632. The number of aromatic hydroxyl groups is 1. The van der Waals surface area contributed by atoms with Crippen LogP contribution in [0.25, 0.3) is 0 Å². The highest BCUT2D eigenvalue weighted by Crippen LogP contribution is 2.24. The van der Waals surface area contributed by atoms with Gasteiger partial charge in [0.1, 0.15) is 5.75 Å². The minimum absolute atomic E-state index is 0.00892. The predicted molar refractivity (Wildman–Crippen MR) is 86.0 cm³/mol. The molecule has 2 aromatic carbocycles. The van der Waals surface area contributed by atoms with Gasteiger partial charge in [-0.3, -0.25) is 4.79 Å². The number of anilines is 1. The van der Waals surface area contributed by atoms with Crippen molar-refractivity contribution in [1.29, 1.82) is 0 Å². The maximum Gasteiger partial charge on any atom is 0.159 e. The fraction of sp³-hybridized carbons (Fsp3) is 0.278. The average molecular weight is 283 g/mol. The molecule has 0 aliphatic carbocycles. The number of hydrogen-bond donors (Lipinski definition) is 1. The monoisotopic (exact) mass is 283 g/mol. The Morgan fingerprint density at radius 1 is 1.14 bits per heavy atom. The second-order valence-corrected chi connectivity index (χ2v) is 5.25. The SMILES string of the molecule is CCN(Cc1cc(C(C)=O)ccc1O)c1ccc(C)cc1. The van der Waals surface area contributed by atoms with Crippen LogP contribution in [0.15, 0.2) is 42.5 Å². The zero-order valence-corrected chi connectivity index (χ0v) is 12.8. The fourth-order valence-electron chi connectivity index (χ4n) is 2.28. The van der Waals surface area contributed by atoms with Crippen LogP contribution in [0, 0.1) is 6.92 Å². The molecule has 0 aliphatic heterocycles. The highest BCUT2D eigenvalue weighted by atomic mass is 16.3. The van der Waals surface area contributed by atoms with Gasteiger partial charge in [0.15, 0.2) is 5.78 Å². The molecule has 3 nitrogen and oxygen atoms in total. The van der Waals surface area contributed by atoms with Crippen molar-refractivity contribution >= 4 is 11.5 Å². The van der Waals surface area contributed by atoms with Gasteiger partial charge in [-0.15, -0.1) is 0 Å². The van der Waals surface area contributed by atoms with Crippen LogP contribution < -0.4 is 4.90 Å². The second-order valence-electron chi connectivity index (χ2n) is 5.25. The van der Waals surface area contributed by atoms with Gasteiger partial charge < -0.3 is 10.0 Å². The topological polar surface area (TPSA) is 40.5 Å². The Morgan fingerprint density at radius 2 is 1.81 bits per heavy atom. The van der Waals surface area contributed by atoms with E-state index in [1.165, 1.54) is 12.5 Å². The maximum atomic E-state index is 11.5. The number of phenols is 1. The van der Waals surface area contributed by atoms with Crippen LogP contribution in [0.3, 0.4) is 0 Å². The van der Waals surface area contributed by atoms with Crippen LogP contribution in [0.4, 0.5) is 5.69 Å². The van der Waals surface area contributed by atoms with Gasteiger partial charge in [0.25, 0.3) is 0 Å². The van der Waals surface area contributed by atoms with Crippen LogP contribution in [0.1, 0.15) is 35.3 Å². The first-order chi connectivity index (χ1) is 10.0. The van der Waals surface area contributed by atoms with E-state index in [9.17, 15) is 9.90 Å². The van der Waals surface area contributed by atoms with Crippen LogP contribution >= 0.6 is 0 Å². The molecule has 0 heterocycles. The summed E-state index contributed by atoms with van der Waals surface area (Å²) in [4.78, 5) is 13.6. The van der Waals surface area contributed by atoms with Gasteiger partial charge in [0.05, 0.1) is 0 Å². The zero-order valence-electron chi connectivity index (χ0n) is 12.8. The Balaban J connectivity index is 2.28. The molecule has 0 saturated carbocycles. The van der Waals surface area contributed by atoms with Gasteiger partial charge in [-0.05, 0) is 51.1 Å². The van der Waals surface area contributed by atoms with E-state index in [0.717, 1.165) is 17.8 Å². The van der Waals surface area contributed by atoms with E-state index in [-0.39, 0.29) is 11.5 Å². The molecule has 0 atom stereocenters. The van der Waals surface area contributed by atoms with Gasteiger partial charge in [0.2, 0.25) is 0 Å². The average Bonchev–Trinajstić information content (AvgIpc) is 2.47. The number of hydrogen-bond acceptors (Lipinski definition) is 3. The van der Waals surface area contributed by atoms with Gasteiger partial charge in [-0.1, -0.05) is 17.7 Å². The first-order valence-electron chi connectivity index (χ1n) is 7.15. The molecule has 1 N–H and O–H groups in total. The van der Waals surface area contributed by atoms with E-state index in [1.54, 1.807) is 18.2 Å². The summed E-state index contributed by atoms with van der Waals surface area (Å²) in [7, 11) is 0. The van der Waals surface area contributed by atoms with E-state index in [4.69, 9.17) is 0 Å². The predicted octanol–water partition coefficient (Wildman–Crippen LogP) is 3.93. The summed E-state index contributed by atoms with van der Waals surface area (Å²) in [6.07, 6.45) is 0. The number of aryl methyl sites for hydroxylation is 1. The largest absolute Gasteiger partial charge is 0.508 e. The van der Waals surface area contributed by atoms with Crippen LogP contribution in [-0.2, 0) is 6.54 Å². The van der Waals surface area contributed by atoms with Gasteiger partial charge >= 0.3 is 0 Å². The summed E-state index contributed by atoms with van der Waals surface area (Å²) < 4.78 is 0. The molecular weight excluding hydrogens is 262 g/mol. The molecule has 0 radical (unpaired) electrons. The summed E-state index contributed by atoms with van der Waals surface area (Å²) in [5.41, 5.74) is 3.72. The van der Waals surface area contributed by atoms with Crippen molar-refractivity contribution in [2.24, 2.45) is 0 Å². The lowest BCUT2D eigenvalue weighted by molar-refractivity contribution is 0.101. The minimum atomic E-state index is 0.00892. The number of carbonyl (C=O) groups is 1. The lowest BCUT2D eigenvalue weighted by Gasteiger charge is -2.24. The van der Waals surface area contributed by atoms with E-state index in [1.807, 2.05) is 0 Å². The van der Waals surface area contributed by atoms with Crippen molar-refractivity contribution in [3.05, 3.63) is 59.2 Å². The third kappa shape index (κ3) is 3.63. The van der Waals surface area contributed by atoms with Crippen molar-refractivity contribution in [3.8, 4) is 5.75 Å². The standard InChI is InChI=1S/C18H21NO2/c1-4-19(17-8-5-13(2)6-9-17)12-16-11-15(14(3)20)7-10-18(16)21/h5-11,21H,4,12H2,1-3H3. The summed E-state index contributed by atoms with van der Waals surface area (Å²) in [6, 6.07) is 13.3. The zero-order chi connectivity index (χ0) is 15.4. The highest BCUT2D eigenvalue weighted by molar-refractivity contribution is 5.94. The molecule has 0 spiro atoms. The molecule has 0 bridgehead atoms. The highest BCUT2D eigenvalue weighted by Gasteiger charge is 2.10. The normalized spacial score (nSPS) is 10.4. The molecule has 0 saturated heterocycles. The van der Waals surface area contributed by atoms with Crippen molar-refractivity contribution in [2.45, 2.75) is 27.3 Å². The molecule has 0 unspecified atom stereocenters. The number of ketones is 1. The molecule has 0 aliphatic rings. The van der Waals surface area contributed by atoms with Crippen molar-refractivity contribution < 1.29 is 9.90 Å². The number of benzene rings is 2. The van der Waals surface area contributed by atoms with E-state index in [0.29, 0.717) is 12.1 Å². The molecule has 0 fully saturated rings. The fourth-order valence-corrected chi connectivity index (χ4v) is 2.28. The van der Waals surface area contributed by atoms with Gasteiger partial charge in [-0.2, -0.15) is 0 Å². The Hall–Kier alpha value is -2.29. The molecule has 0 amide bonds. The van der Waals surface area contributed by atoms with Gasteiger partial charge in [0, 0.05) is 29.9 Å². The summed E-state index contributed by atoms with van der Waals surface area (Å²) >= 11 is 0. The quantitative estimate of drug-likeness (QED) is 0.845. The van der Waals surface area contributed by atoms with Crippen molar-refractivity contribution in [1.82, 2.24) is 0 Å². The lowest BCUT2D eigenvalue weighted by atomic mass is 10.1. The smallest absolute Gasteiger partial charge is 0.159 e. The number of carbonyl (C=O) groups excluding carboxylic acids is 1. The first kappa shape index (κ1) is 15.1. The van der Waals surface area contributed by atoms with Crippen LogP contribution in [0.2, 0.25) is 0 Å². The lowest BCUT2D eigenvalue weighted by Crippen LogP contribution is -2.22. The number of rotatable bonds is 5. The Kier molecular flexibility index (Phi) is 4.63. The van der Waals surface area contributed by atoms with Crippen LogP contribution in [0.5, 0.6) is 5.75 Å². The molecular formula is C18H21NO2. The summed E-state index contributed by atoms with van der Waals surface area (Å²) in [5, 5.41) is 10.0. The third-order valence-corrected chi connectivity index (χ3v) is 3.63.